The van der Waals surface area contributed by atoms with E-state index in [9.17, 15) is 9.90 Å². The maximum absolute atomic E-state index is 12.2. The second kappa shape index (κ2) is 6.77. The predicted molar refractivity (Wildman–Crippen MR) is 79.5 cm³/mol. The molecule has 2 N–H and O–H groups in total. The van der Waals surface area contributed by atoms with Gasteiger partial charge in [0.1, 0.15) is 11.2 Å². The number of hydrogen-bond acceptors (Lipinski definition) is 6. The third kappa shape index (κ3) is 4.08. The molecular formula is C13H19N5O2S. The molecule has 0 atom stereocenters. The number of amides is 1. The molecule has 2 rings (SSSR count). The fourth-order valence-electron chi connectivity index (χ4n) is 1.85. The van der Waals surface area contributed by atoms with Crippen LogP contribution in [0, 0.1) is 5.41 Å². The highest BCUT2D eigenvalue weighted by molar-refractivity contribution is 7.12. The second-order valence-corrected chi connectivity index (χ2v) is 6.49. The summed E-state index contributed by atoms with van der Waals surface area (Å²) >= 11 is 1.36. The highest BCUT2D eigenvalue weighted by atomic mass is 32.1. The van der Waals surface area contributed by atoms with Crippen LogP contribution in [0.2, 0.25) is 0 Å². The predicted octanol–water partition coefficient (Wildman–Crippen LogP) is 1.25. The van der Waals surface area contributed by atoms with Crippen LogP contribution in [0.4, 0.5) is 0 Å². The summed E-state index contributed by atoms with van der Waals surface area (Å²) in [7, 11) is 0. The number of carbonyl (C=O) groups is 1. The average Bonchev–Trinajstić information content (AvgIpc) is 3.12. The third-order valence-corrected chi connectivity index (χ3v) is 4.09. The lowest BCUT2D eigenvalue weighted by Gasteiger charge is -2.21. The van der Waals surface area contributed by atoms with E-state index in [1.807, 2.05) is 25.3 Å². The topological polar surface area (TPSA) is 92.9 Å². The van der Waals surface area contributed by atoms with Gasteiger partial charge in [0.05, 0.1) is 5.69 Å². The molecule has 2 heterocycles. The molecule has 0 saturated carbocycles. The zero-order valence-electron chi connectivity index (χ0n) is 12.1. The summed E-state index contributed by atoms with van der Waals surface area (Å²) in [4.78, 5) is 12.8. The minimum atomic E-state index is -0.127. The van der Waals surface area contributed by atoms with Crippen molar-refractivity contribution in [2.24, 2.45) is 5.41 Å². The molecule has 0 fully saturated rings. The summed E-state index contributed by atoms with van der Waals surface area (Å²) < 4.78 is 1.47. The Kier molecular flexibility index (Phi) is 5.03. The van der Waals surface area contributed by atoms with Crippen LogP contribution in [0.25, 0.3) is 5.69 Å². The summed E-state index contributed by atoms with van der Waals surface area (Å²) in [5, 5.41) is 24.9. The van der Waals surface area contributed by atoms with E-state index in [0.29, 0.717) is 17.1 Å². The van der Waals surface area contributed by atoms with Gasteiger partial charge in [-0.1, -0.05) is 13.8 Å². The van der Waals surface area contributed by atoms with E-state index in [1.54, 1.807) is 0 Å². The van der Waals surface area contributed by atoms with E-state index in [1.165, 1.54) is 22.3 Å². The van der Waals surface area contributed by atoms with Crippen LogP contribution in [0.1, 0.15) is 36.4 Å². The number of tetrazole rings is 1. The minimum Gasteiger partial charge on any atom is -0.396 e. The van der Waals surface area contributed by atoms with Gasteiger partial charge in [-0.3, -0.25) is 4.79 Å². The standard InChI is InChI=1S/C13H19N5O2S/c1-13(2,8-19)5-3-6-14-12(20)11-10(4-7-21-11)18-9-15-16-17-18/h4,7,9,19H,3,5-6,8H2,1-2H3,(H,14,20). The number of hydrogen-bond donors (Lipinski definition) is 2. The smallest absolute Gasteiger partial charge is 0.263 e. The van der Waals surface area contributed by atoms with Crippen LogP contribution in [-0.2, 0) is 0 Å². The van der Waals surface area contributed by atoms with Crippen molar-refractivity contribution in [2.45, 2.75) is 26.7 Å². The molecule has 2 aromatic rings. The molecule has 0 aromatic carbocycles. The zero-order valence-corrected chi connectivity index (χ0v) is 12.9. The van der Waals surface area contributed by atoms with Gasteiger partial charge < -0.3 is 10.4 Å². The van der Waals surface area contributed by atoms with E-state index in [4.69, 9.17) is 0 Å². The van der Waals surface area contributed by atoms with Gasteiger partial charge in [-0.05, 0) is 40.1 Å². The quantitative estimate of drug-likeness (QED) is 0.751. The van der Waals surface area contributed by atoms with Crippen LogP contribution in [0.3, 0.4) is 0 Å². The first-order chi connectivity index (χ1) is 10.0. The number of nitrogens with one attached hydrogen (secondary N) is 1. The average molecular weight is 309 g/mol. The lowest BCUT2D eigenvalue weighted by atomic mass is 9.89. The third-order valence-electron chi connectivity index (χ3n) is 3.19. The van der Waals surface area contributed by atoms with Gasteiger partial charge in [0.15, 0.2) is 0 Å². The van der Waals surface area contributed by atoms with Crippen LogP contribution >= 0.6 is 11.3 Å². The van der Waals surface area contributed by atoms with Gasteiger partial charge >= 0.3 is 0 Å². The van der Waals surface area contributed by atoms with E-state index in [2.05, 4.69) is 20.8 Å². The molecule has 2 aromatic heterocycles. The lowest BCUT2D eigenvalue weighted by molar-refractivity contribution is 0.0952. The molecule has 0 aliphatic heterocycles. The van der Waals surface area contributed by atoms with Crippen molar-refractivity contribution >= 4 is 17.2 Å². The van der Waals surface area contributed by atoms with Crippen molar-refractivity contribution in [1.29, 1.82) is 0 Å². The van der Waals surface area contributed by atoms with Gasteiger partial charge in [-0.15, -0.1) is 16.4 Å². The largest absolute Gasteiger partial charge is 0.396 e. The lowest BCUT2D eigenvalue weighted by Crippen LogP contribution is -2.26. The van der Waals surface area contributed by atoms with Crippen molar-refractivity contribution in [1.82, 2.24) is 25.5 Å². The number of rotatable bonds is 7. The maximum atomic E-state index is 12.2. The molecule has 0 saturated heterocycles. The van der Waals surface area contributed by atoms with Crippen molar-refractivity contribution in [3.63, 3.8) is 0 Å². The second-order valence-electron chi connectivity index (χ2n) is 5.57. The molecule has 0 aliphatic rings. The Bertz CT molecular complexity index is 579. The monoisotopic (exact) mass is 309 g/mol. The number of thiophene rings is 1. The molecule has 0 bridgehead atoms. The maximum Gasteiger partial charge on any atom is 0.263 e. The van der Waals surface area contributed by atoms with E-state index >= 15 is 0 Å². The summed E-state index contributed by atoms with van der Waals surface area (Å²) in [6.45, 7) is 4.73. The number of nitrogens with zero attached hydrogens (tertiary/aromatic N) is 4. The SMILES string of the molecule is CC(C)(CO)CCCNC(=O)c1sccc1-n1cnnn1. The first kappa shape index (κ1) is 15.6. The normalized spacial score (nSPS) is 11.6. The Morgan fingerprint density at radius 3 is 3.00 bits per heavy atom. The molecule has 0 aliphatic carbocycles. The van der Waals surface area contributed by atoms with Gasteiger partial charge in [0, 0.05) is 13.2 Å². The zero-order chi connectivity index (χ0) is 15.3. The fourth-order valence-corrected chi connectivity index (χ4v) is 2.65. The highest BCUT2D eigenvalue weighted by Crippen LogP contribution is 2.21. The molecule has 0 spiro atoms. The number of carbonyl (C=O) groups excluding carboxylic acids is 1. The molecule has 8 heteroatoms. The molecule has 0 unspecified atom stereocenters. The molecular weight excluding hydrogens is 290 g/mol. The summed E-state index contributed by atoms with van der Waals surface area (Å²) in [5.74, 6) is -0.127. The Balaban J connectivity index is 1.89. The molecule has 114 valence electrons. The Morgan fingerprint density at radius 1 is 1.52 bits per heavy atom. The number of aliphatic hydroxyl groups excluding tert-OH is 1. The van der Waals surface area contributed by atoms with E-state index in [0.717, 1.165) is 12.8 Å². The van der Waals surface area contributed by atoms with Gasteiger partial charge in [0.2, 0.25) is 0 Å². The fraction of sp³-hybridized carbons (Fsp3) is 0.538. The van der Waals surface area contributed by atoms with Gasteiger partial charge in [-0.2, -0.15) is 4.68 Å². The van der Waals surface area contributed by atoms with Crippen molar-refractivity contribution in [3.05, 3.63) is 22.7 Å². The molecule has 0 radical (unpaired) electrons. The van der Waals surface area contributed by atoms with Crippen LogP contribution < -0.4 is 5.32 Å². The summed E-state index contributed by atoms with van der Waals surface area (Å²) in [5.41, 5.74) is 0.573. The number of aliphatic hydroxyl groups is 1. The Hall–Kier alpha value is -1.80. The molecule has 21 heavy (non-hydrogen) atoms. The van der Waals surface area contributed by atoms with Crippen molar-refractivity contribution in [3.8, 4) is 5.69 Å². The van der Waals surface area contributed by atoms with Gasteiger partial charge in [-0.25, -0.2) is 0 Å². The highest BCUT2D eigenvalue weighted by Gasteiger charge is 2.17. The van der Waals surface area contributed by atoms with Crippen LogP contribution in [0.15, 0.2) is 17.8 Å². The first-order valence-electron chi connectivity index (χ1n) is 6.73. The van der Waals surface area contributed by atoms with Crippen molar-refractivity contribution in [2.75, 3.05) is 13.2 Å². The first-order valence-corrected chi connectivity index (χ1v) is 7.61. The molecule has 1 amide bonds. The van der Waals surface area contributed by atoms with E-state index in [-0.39, 0.29) is 17.9 Å². The summed E-state index contributed by atoms with van der Waals surface area (Å²) in [6.07, 6.45) is 3.14. The Labute approximate surface area is 127 Å². The minimum absolute atomic E-state index is 0.106. The van der Waals surface area contributed by atoms with Crippen molar-refractivity contribution < 1.29 is 9.90 Å². The van der Waals surface area contributed by atoms with E-state index < -0.39 is 0 Å². The summed E-state index contributed by atoms with van der Waals surface area (Å²) in [6, 6.07) is 1.81. The molecule has 7 nitrogen and oxygen atoms in total. The van der Waals surface area contributed by atoms with Gasteiger partial charge in [0.25, 0.3) is 5.91 Å². The van der Waals surface area contributed by atoms with Crippen LogP contribution in [0.5, 0.6) is 0 Å². The number of aromatic nitrogens is 4. The van der Waals surface area contributed by atoms with Crippen LogP contribution in [-0.4, -0.2) is 44.4 Å². The Morgan fingerprint density at radius 2 is 2.33 bits per heavy atom.